The summed E-state index contributed by atoms with van der Waals surface area (Å²) in [6, 6.07) is 0. The summed E-state index contributed by atoms with van der Waals surface area (Å²) >= 11 is 0. The molecule has 0 aromatic rings. The van der Waals surface area contributed by atoms with Gasteiger partial charge in [0.1, 0.15) is 5.60 Å². The van der Waals surface area contributed by atoms with E-state index in [4.69, 9.17) is 4.74 Å². The lowest BCUT2D eigenvalue weighted by atomic mass is 9.59. The minimum absolute atomic E-state index is 0.0623. The molecule has 4 aliphatic carbocycles. The Hall–Kier alpha value is -1.36. The minimum atomic E-state index is -0.997. The van der Waals surface area contributed by atoms with Crippen LogP contribution in [-0.2, 0) is 14.3 Å². The van der Waals surface area contributed by atoms with E-state index in [1.807, 2.05) is 6.92 Å². The van der Waals surface area contributed by atoms with Crippen LogP contribution in [-0.4, -0.2) is 33.9 Å². The quantitative estimate of drug-likeness (QED) is 0.568. The van der Waals surface area contributed by atoms with Crippen LogP contribution in [0.2, 0.25) is 0 Å². The molecule has 5 nitrogen and oxygen atoms in total. The second kappa shape index (κ2) is 4.06. The van der Waals surface area contributed by atoms with Gasteiger partial charge in [0.2, 0.25) is 0 Å². The highest BCUT2D eigenvalue weighted by atomic mass is 16.6. The smallest absolute Gasteiger partial charge is 0.312 e. The Morgan fingerprint density at radius 3 is 2.79 bits per heavy atom. The number of hydrogen-bond acceptors (Lipinski definition) is 4. The molecule has 4 saturated carbocycles. The third kappa shape index (κ3) is 1.29. The fourth-order valence-electron chi connectivity index (χ4n) is 7.63. The first-order valence-corrected chi connectivity index (χ1v) is 9.09. The average molecular weight is 332 g/mol. The summed E-state index contributed by atoms with van der Waals surface area (Å²) in [6.45, 7) is 6.07. The van der Waals surface area contributed by atoms with E-state index in [2.05, 4.69) is 6.58 Å². The number of aliphatic carboxylic acids is 1. The second-order valence-corrected chi connectivity index (χ2v) is 9.11. The van der Waals surface area contributed by atoms with Gasteiger partial charge < -0.3 is 14.9 Å². The molecule has 1 aliphatic heterocycles. The third-order valence-electron chi connectivity index (χ3n) is 8.39. The number of carbonyl (C=O) groups is 2. The number of ether oxygens (including phenoxy) is 1. The van der Waals surface area contributed by atoms with E-state index >= 15 is 0 Å². The summed E-state index contributed by atoms with van der Waals surface area (Å²) in [5.74, 6) is -1.86. The van der Waals surface area contributed by atoms with Crippen molar-refractivity contribution in [3.05, 3.63) is 12.2 Å². The molecule has 5 heteroatoms. The number of carboxylic acid groups (broad SMARTS) is 1. The van der Waals surface area contributed by atoms with Crippen molar-refractivity contribution in [1.82, 2.24) is 0 Å². The van der Waals surface area contributed by atoms with Crippen molar-refractivity contribution >= 4 is 11.9 Å². The Morgan fingerprint density at radius 2 is 2.08 bits per heavy atom. The van der Waals surface area contributed by atoms with Crippen molar-refractivity contribution in [2.24, 2.45) is 34.5 Å². The molecule has 24 heavy (non-hydrogen) atoms. The van der Waals surface area contributed by atoms with E-state index < -0.39 is 40.3 Å². The van der Waals surface area contributed by atoms with Crippen molar-refractivity contribution in [1.29, 1.82) is 0 Å². The lowest BCUT2D eigenvalue weighted by molar-refractivity contribution is -0.175. The van der Waals surface area contributed by atoms with Gasteiger partial charge >= 0.3 is 11.9 Å². The second-order valence-electron chi connectivity index (χ2n) is 9.11. The maximum absolute atomic E-state index is 12.7. The van der Waals surface area contributed by atoms with Crippen molar-refractivity contribution < 1.29 is 24.5 Å². The van der Waals surface area contributed by atoms with Gasteiger partial charge in [0, 0.05) is 11.8 Å². The van der Waals surface area contributed by atoms with E-state index in [0.717, 1.165) is 24.8 Å². The maximum atomic E-state index is 12.7. The lowest BCUT2D eigenvalue weighted by Gasteiger charge is -2.46. The molecule has 1 spiro atoms. The molecular formula is C19H24O5. The molecule has 1 heterocycles. The molecule has 4 bridgehead atoms. The molecule has 2 N–H and O–H groups in total. The van der Waals surface area contributed by atoms with Crippen molar-refractivity contribution in [3.63, 3.8) is 0 Å². The topological polar surface area (TPSA) is 83.8 Å². The number of aliphatic hydroxyl groups is 1. The number of carbonyl (C=O) groups excluding carboxylic acids is 1. The molecule has 0 aromatic carbocycles. The van der Waals surface area contributed by atoms with Crippen LogP contribution in [0.5, 0.6) is 0 Å². The number of fused-ring (bicyclic) bond motifs is 1. The minimum Gasteiger partial charge on any atom is -0.481 e. The monoisotopic (exact) mass is 332 g/mol. The number of rotatable bonds is 1. The molecule has 0 amide bonds. The molecule has 5 fully saturated rings. The Bertz CT molecular complexity index is 685. The molecule has 0 unspecified atom stereocenters. The van der Waals surface area contributed by atoms with Gasteiger partial charge in [0.05, 0.1) is 17.4 Å². The van der Waals surface area contributed by atoms with Gasteiger partial charge in [-0.1, -0.05) is 12.2 Å². The highest BCUT2D eigenvalue weighted by molar-refractivity contribution is 5.85. The van der Waals surface area contributed by atoms with Crippen LogP contribution in [0.15, 0.2) is 12.2 Å². The Labute approximate surface area is 141 Å². The standard InChI is InChI=1S/C19H24O5/c1-9-7-18-8-10(9)3-4-11(18)19-12(20)5-6-17(2,16(23)24-19)14(19)13(18)15(21)22/h10-14,20H,1,3-8H2,2H3,(H,21,22)/t10-,11-,12-,13-,14-,17-,18+,19+/m1/s1. The van der Waals surface area contributed by atoms with Crippen molar-refractivity contribution in [2.75, 3.05) is 0 Å². The van der Waals surface area contributed by atoms with Crippen LogP contribution in [0.1, 0.15) is 45.4 Å². The third-order valence-corrected chi connectivity index (χ3v) is 8.39. The number of esters is 1. The Balaban J connectivity index is 1.77. The molecule has 8 atom stereocenters. The van der Waals surface area contributed by atoms with Gasteiger partial charge in [0.15, 0.2) is 0 Å². The largest absolute Gasteiger partial charge is 0.481 e. The van der Waals surface area contributed by atoms with E-state index in [9.17, 15) is 19.8 Å². The van der Waals surface area contributed by atoms with Crippen LogP contribution >= 0.6 is 0 Å². The molecule has 5 rings (SSSR count). The predicted molar refractivity (Wildman–Crippen MR) is 83.8 cm³/mol. The van der Waals surface area contributed by atoms with Gasteiger partial charge in [-0.15, -0.1) is 0 Å². The fourth-order valence-corrected chi connectivity index (χ4v) is 7.63. The SMILES string of the molecule is C=C1C[C@]23C[C@H]1CC[C@H]2[C@]12OC(=O)[C@](C)(CC[C@H]1O)[C@H]2[C@@H]3C(=O)O. The molecule has 130 valence electrons. The summed E-state index contributed by atoms with van der Waals surface area (Å²) in [5.41, 5.74) is -1.03. The van der Waals surface area contributed by atoms with Crippen LogP contribution in [0, 0.1) is 34.5 Å². The summed E-state index contributed by atoms with van der Waals surface area (Å²) in [6.07, 6.45) is 3.60. The highest BCUT2D eigenvalue weighted by Gasteiger charge is 2.83. The average Bonchev–Trinajstić information content (AvgIpc) is 2.99. The maximum Gasteiger partial charge on any atom is 0.312 e. The molecule has 1 saturated heterocycles. The summed E-state index contributed by atoms with van der Waals surface area (Å²) in [4.78, 5) is 25.1. The van der Waals surface area contributed by atoms with Gasteiger partial charge in [0.25, 0.3) is 0 Å². The van der Waals surface area contributed by atoms with Gasteiger partial charge in [-0.2, -0.15) is 0 Å². The lowest BCUT2D eigenvalue weighted by Crippen LogP contribution is -2.56. The fraction of sp³-hybridized carbons (Fsp3) is 0.789. The van der Waals surface area contributed by atoms with E-state index in [0.29, 0.717) is 25.2 Å². The van der Waals surface area contributed by atoms with E-state index in [1.54, 1.807) is 0 Å². The van der Waals surface area contributed by atoms with Gasteiger partial charge in [-0.05, 0) is 56.8 Å². The normalized spacial score (nSPS) is 57.5. The number of carboxylic acids is 1. The first-order chi connectivity index (χ1) is 11.3. The molecule has 0 radical (unpaired) electrons. The highest BCUT2D eigenvalue weighted by Crippen LogP contribution is 2.77. The zero-order valence-electron chi connectivity index (χ0n) is 14.0. The van der Waals surface area contributed by atoms with Gasteiger partial charge in [-0.3, -0.25) is 9.59 Å². The summed E-state index contributed by atoms with van der Waals surface area (Å²) in [5, 5.41) is 21.1. The predicted octanol–water partition coefficient (Wildman–Crippen LogP) is 2.14. The number of hydrogen-bond donors (Lipinski definition) is 2. The van der Waals surface area contributed by atoms with Crippen LogP contribution in [0.4, 0.5) is 0 Å². The van der Waals surface area contributed by atoms with Crippen LogP contribution in [0.3, 0.4) is 0 Å². The molecule has 5 aliphatic rings. The molecule has 0 aromatic heterocycles. The Kier molecular flexibility index (Phi) is 2.53. The summed E-state index contributed by atoms with van der Waals surface area (Å²) < 4.78 is 5.96. The number of allylic oxidation sites excluding steroid dienone is 1. The van der Waals surface area contributed by atoms with Crippen molar-refractivity contribution in [3.8, 4) is 0 Å². The van der Waals surface area contributed by atoms with E-state index in [-0.39, 0.29) is 11.9 Å². The van der Waals surface area contributed by atoms with Crippen LogP contribution in [0.25, 0.3) is 0 Å². The zero-order valence-corrected chi connectivity index (χ0v) is 14.0. The van der Waals surface area contributed by atoms with Crippen LogP contribution < -0.4 is 0 Å². The Morgan fingerprint density at radius 1 is 1.33 bits per heavy atom. The van der Waals surface area contributed by atoms with E-state index in [1.165, 1.54) is 0 Å². The zero-order chi connectivity index (χ0) is 17.1. The first kappa shape index (κ1) is 14.9. The van der Waals surface area contributed by atoms with Gasteiger partial charge in [-0.25, -0.2) is 0 Å². The number of aliphatic hydroxyl groups excluding tert-OH is 1. The van der Waals surface area contributed by atoms with Crippen molar-refractivity contribution in [2.45, 2.75) is 57.2 Å². The first-order valence-electron chi connectivity index (χ1n) is 9.09. The molecular weight excluding hydrogens is 308 g/mol. The summed E-state index contributed by atoms with van der Waals surface area (Å²) in [7, 11) is 0.